The highest BCUT2D eigenvalue weighted by atomic mass is 16.7. The number of fused-ring (bicyclic) bond motifs is 1. The van der Waals surface area contributed by atoms with Gasteiger partial charge in [-0.25, -0.2) is 0 Å². The number of rotatable bonds is 6. The van der Waals surface area contributed by atoms with Crippen molar-refractivity contribution in [3.05, 3.63) is 23.8 Å². The first kappa shape index (κ1) is 14.7. The second-order valence-electron chi connectivity index (χ2n) is 4.80. The largest absolute Gasteiger partial charge is 0.469 e. The predicted molar refractivity (Wildman–Crippen MR) is 75.1 cm³/mol. The summed E-state index contributed by atoms with van der Waals surface area (Å²) in [5.41, 5.74) is 1.06. The van der Waals surface area contributed by atoms with Gasteiger partial charge in [-0.1, -0.05) is 13.0 Å². The van der Waals surface area contributed by atoms with Gasteiger partial charge in [0.25, 0.3) is 0 Å². The normalized spacial score (nSPS) is 15.8. The monoisotopic (exact) mass is 279 g/mol. The number of carbonyl (C=O) groups is 1. The van der Waals surface area contributed by atoms with Crippen molar-refractivity contribution in [2.45, 2.75) is 31.7 Å². The summed E-state index contributed by atoms with van der Waals surface area (Å²) in [6.07, 6.45) is 1.27. The third-order valence-electron chi connectivity index (χ3n) is 3.74. The second kappa shape index (κ2) is 6.61. The molecule has 20 heavy (non-hydrogen) atoms. The van der Waals surface area contributed by atoms with E-state index in [4.69, 9.17) is 14.2 Å². The smallest absolute Gasteiger partial charge is 0.306 e. The van der Waals surface area contributed by atoms with E-state index in [0.29, 0.717) is 6.42 Å². The van der Waals surface area contributed by atoms with Crippen molar-refractivity contribution < 1.29 is 19.0 Å². The number of methoxy groups -OCH3 is 1. The topological polar surface area (TPSA) is 56.8 Å². The van der Waals surface area contributed by atoms with Crippen molar-refractivity contribution in [2.24, 2.45) is 0 Å². The minimum atomic E-state index is -0.207. The lowest BCUT2D eigenvalue weighted by Gasteiger charge is -2.25. The van der Waals surface area contributed by atoms with Crippen LogP contribution in [0, 0.1) is 0 Å². The summed E-state index contributed by atoms with van der Waals surface area (Å²) in [4.78, 5) is 11.7. The van der Waals surface area contributed by atoms with E-state index in [2.05, 4.69) is 12.2 Å². The number of likely N-dealkylation sites (N-methyl/N-ethyl adjacent to an activating group) is 1. The van der Waals surface area contributed by atoms with Crippen molar-refractivity contribution in [3.8, 4) is 11.5 Å². The molecule has 1 aromatic carbocycles. The highest BCUT2D eigenvalue weighted by Gasteiger charge is 2.26. The molecule has 5 heteroatoms. The summed E-state index contributed by atoms with van der Waals surface area (Å²) in [6, 6.07) is 6.04. The molecule has 1 N–H and O–H groups in total. The maximum atomic E-state index is 11.7. The SMILES string of the molecule is CCC(NC)C(CC(=O)OC)c1ccc2c(c1)OCO2. The van der Waals surface area contributed by atoms with Gasteiger partial charge < -0.3 is 19.5 Å². The number of benzene rings is 1. The van der Waals surface area contributed by atoms with Crippen molar-refractivity contribution >= 4 is 5.97 Å². The first-order chi connectivity index (χ1) is 9.69. The summed E-state index contributed by atoms with van der Waals surface area (Å²) < 4.78 is 15.5. The fraction of sp³-hybridized carbons (Fsp3) is 0.533. The molecule has 0 saturated carbocycles. The zero-order valence-electron chi connectivity index (χ0n) is 12.1. The molecule has 110 valence electrons. The number of nitrogens with one attached hydrogen (secondary N) is 1. The Bertz CT molecular complexity index is 471. The average molecular weight is 279 g/mol. The number of esters is 1. The highest BCUT2D eigenvalue weighted by Crippen LogP contribution is 2.36. The van der Waals surface area contributed by atoms with Gasteiger partial charge in [0.05, 0.1) is 13.5 Å². The molecule has 1 heterocycles. The first-order valence-corrected chi connectivity index (χ1v) is 6.83. The van der Waals surface area contributed by atoms with Crippen molar-refractivity contribution in [3.63, 3.8) is 0 Å². The zero-order valence-corrected chi connectivity index (χ0v) is 12.1. The summed E-state index contributed by atoms with van der Waals surface area (Å²) >= 11 is 0. The lowest BCUT2D eigenvalue weighted by Crippen LogP contribution is -2.33. The maximum Gasteiger partial charge on any atom is 0.306 e. The fourth-order valence-corrected chi connectivity index (χ4v) is 2.59. The lowest BCUT2D eigenvalue weighted by molar-refractivity contribution is -0.141. The van der Waals surface area contributed by atoms with Gasteiger partial charge in [0.2, 0.25) is 6.79 Å². The van der Waals surface area contributed by atoms with Crippen LogP contribution in [-0.2, 0) is 9.53 Å². The summed E-state index contributed by atoms with van der Waals surface area (Å²) in [5, 5.41) is 3.27. The molecule has 0 radical (unpaired) electrons. The Kier molecular flexibility index (Phi) is 4.84. The van der Waals surface area contributed by atoms with Crippen LogP contribution in [0.2, 0.25) is 0 Å². The third-order valence-corrected chi connectivity index (χ3v) is 3.74. The molecule has 0 fully saturated rings. The van der Waals surface area contributed by atoms with E-state index in [1.54, 1.807) is 0 Å². The van der Waals surface area contributed by atoms with E-state index < -0.39 is 0 Å². The zero-order chi connectivity index (χ0) is 14.5. The van der Waals surface area contributed by atoms with Gasteiger partial charge in [-0.05, 0) is 31.2 Å². The predicted octanol–water partition coefficient (Wildman–Crippen LogP) is 2.06. The minimum absolute atomic E-state index is 0.0481. The molecule has 0 bridgehead atoms. The number of hydrogen-bond donors (Lipinski definition) is 1. The standard InChI is InChI=1S/C15H21NO4/c1-4-12(16-2)11(8-15(17)18-3)10-5-6-13-14(7-10)20-9-19-13/h5-7,11-12,16H,4,8-9H2,1-3H3. The van der Waals surface area contributed by atoms with Crippen molar-refractivity contribution in [1.82, 2.24) is 5.32 Å². The van der Waals surface area contributed by atoms with Crippen LogP contribution in [0.25, 0.3) is 0 Å². The molecule has 1 aromatic rings. The Morgan fingerprint density at radius 1 is 1.40 bits per heavy atom. The Morgan fingerprint density at radius 3 is 2.80 bits per heavy atom. The molecule has 2 unspecified atom stereocenters. The minimum Gasteiger partial charge on any atom is -0.469 e. The van der Waals surface area contributed by atoms with Crippen LogP contribution in [0.4, 0.5) is 0 Å². The van der Waals surface area contributed by atoms with Gasteiger partial charge in [0.1, 0.15) is 0 Å². The number of carbonyl (C=O) groups excluding carboxylic acids is 1. The number of hydrogen-bond acceptors (Lipinski definition) is 5. The number of ether oxygens (including phenoxy) is 3. The van der Waals surface area contributed by atoms with Gasteiger partial charge in [-0.2, -0.15) is 0 Å². The van der Waals surface area contributed by atoms with Crippen LogP contribution in [0.3, 0.4) is 0 Å². The maximum absolute atomic E-state index is 11.7. The lowest BCUT2D eigenvalue weighted by atomic mass is 9.87. The highest BCUT2D eigenvalue weighted by molar-refractivity contribution is 5.70. The molecule has 2 rings (SSSR count). The Hall–Kier alpha value is -1.75. The summed E-state index contributed by atoms with van der Waals surface area (Å²) in [6.45, 7) is 2.35. The molecular weight excluding hydrogens is 258 g/mol. The third kappa shape index (κ3) is 3.04. The van der Waals surface area contributed by atoms with Crippen LogP contribution < -0.4 is 14.8 Å². The first-order valence-electron chi connectivity index (χ1n) is 6.83. The van der Waals surface area contributed by atoms with Crippen molar-refractivity contribution in [1.29, 1.82) is 0 Å². The van der Waals surface area contributed by atoms with Crippen LogP contribution in [0.5, 0.6) is 11.5 Å². The molecule has 0 aromatic heterocycles. The van der Waals surface area contributed by atoms with Crippen molar-refractivity contribution in [2.75, 3.05) is 21.0 Å². The van der Waals surface area contributed by atoms with Gasteiger partial charge in [-0.15, -0.1) is 0 Å². The Morgan fingerprint density at radius 2 is 2.15 bits per heavy atom. The Balaban J connectivity index is 2.27. The van der Waals surface area contributed by atoms with E-state index in [0.717, 1.165) is 23.5 Å². The summed E-state index contributed by atoms with van der Waals surface area (Å²) in [7, 11) is 3.32. The molecule has 1 aliphatic heterocycles. The molecule has 0 aliphatic carbocycles. The van der Waals surface area contributed by atoms with Gasteiger partial charge in [0, 0.05) is 12.0 Å². The van der Waals surface area contributed by atoms with Gasteiger partial charge >= 0.3 is 5.97 Å². The molecule has 1 aliphatic rings. The Labute approximate surface area is 119 Å². The fourth-order valence-electron chi connectivity index (χ4n) is 2.59. The molecule has 0 amide bonds. The quantitative estimate of drug-likeness (QED) is 0.808. The van der Waals surface area contributed by atoms with E-state index >= 15 is 0 Å². The molecule has 0 saturated heterocycles. The molecular formula is C15H21NO4. The van der Waals surface area contributed by atoms with Gasteiger partial charge in [-0.3, -0.25) is 4.79 Å². The van der Waals surface area contributed by atoms with Crippen LogP contribution in [-0.4, -0.2) is 33.0 Å². The second-order valence-corrected chi connectivity index (χ2v) is 4.80. The summed E-state index contributed by atoms with van der Waals surface area (Å²) in [5.74, 6) is 1.33. The van der Waals surface area contributed by atoms with Crippen LogP contribution in [0.1, 0.15) is 31.2 Å². The van der Waals surface area contributed by atoms with Gasteiger partial charge in [0.15, 0.2) is 11.5 Å². The van der Waals surface area contributed by atoms with E-state index in [-0.39, 0.29) is 24.7 Å². The van der Waals surface area contributed by atoms with Crippen LogP contribution in [0.15, 0.2) is 18.2 Å². The molecule has 0 spiro atoms. The average Bonchev–Trinajstić information content (AvgIpc) is 2.94. The van der Waals surface area contributed by atoms with E-state index in [1.165, 1.54) is 7.11 Å². The van der Waals surface area contributed by atoms with E-state index in [9.17, 15) is 4.79 Å². The van der Waals surface area contributed by atoms with E-state index in [1.807, 2.05) is 25.2 Å². The molecule has 5 nitrogen and oxygen atoms in total. The van der Waals surface area contributed by atoms with Crippen LogP contribution >= 0.6 is 0 Å². The molecule has 2 atom stereocenters.